The Hall–Kier alpha value is -2.57. The molecule has 26 heavy (non-hydrogen) atoms. The van der Waals surface area contributed by atoms with Gasteiger partial charge in [0.2, 0.25) is 0 Å². The van der Waals surface area contributed by atoms with E-state index in [-0.39, 0.29) is 6.04 Å². The summed E-state index contributed by atoms with van der Waals surface area (Å²) in [5.74, 6) is 0. The molecular weight excluding hydrogens is 341 g/mol. The van der Waals surface area contributed by atoms with Gasteiger partial charge < -0.3 is 4.57 Å². The van der Waals surface area contributed by atoms with Gasteiger partial charge in [-0.2, -0.15) is 18.3 Å². The molecule has 0 aliphatic carbocycles. The first-order valence-electron chi connectivity index (χ1n) is 8.52. The van der Waals surface area contributed by atoms with Crippen LogP contribution in [0.25, 0.3) is 5.69 Å². The second-order valence-electron chi connectivity index (χ2n) is 6.49. The van der Waals surface area contributed by atoms with Gasteiger partial charge in [0.1, 0.15) is 0 Å². The van der Waals surface area contributed by atoms with Crippen LogP contribution in [0, 0.1) is 13.8 Å². The van der Waals surface area contributed by atoms with E-state index in [9.17, 15) is 13.2 Å². The summed E-state index contributed by atoms with van der Waals surface area (Å²) in [6.45, 7) is 5.93. The van der Waals surface area contributed by atoms with E-state index >= 15 is 0 Å². The maximum absolute atomic E-state index is 12.9. The van der Waals surface area contributed by atoms with Crippen LogP contribution in [-0.4, -0.2) is 19.3 Å². The Balaban J connectivity index is 2.02. The highest BCUT2D eigenvalue weighted by molar-refractivity contribution is 5.50. The SMILES string of the molecule is CCCC(c1cc(C)c(-n2cc(C(F)(F)F)cn2)c(C)c1)n1ccnc1. The third kappa shape index (κ3) is 3.52. The van der Waals surface area contributed by atoms with Crippen molar-refractivity contribution in [3.63, 3.8) is 0 Å². The second kappa shape index (κ2) is 6.97. The van der Waals surface area contributed by atoms with Crippen LogP contribution in [-0.2, 0) is 6.18 Å². The predicted octanol–water partition coefficient (Wildman–Crippen LogP) is 5.09. The summed E-state index contributed by atoms with van der Waals surface area (Å²) in [5.41, 5.74) is 2.83. The minimum absolute atomic E-state index is 0.150. The van der Waals surface area contributed by atoms with E-state index in [0.29, 0.717) is 5.69 Å². The average Bonchev–Trinajstić information content (AvgIpc) is 3.23. The summed E-state index contributed by atoms with van der Waals surface area (Å²) in [6, 6.07) is 4.20. The zero-order chi connectivity index (χ0) is 18.9. The van der Waals surface area contributed by atoms with Crippen LogP contribution in [0.5, 0.6) is 0 Å². The van der Waals surface area contributed by atoms with Gasteiger partial charge in [-0.25, -0.2) is 9.67 Å². The Morgan fingerprint density at radius 1 is 1.15 bits per heavy atom. The molecule has 0 amide bonds. The maximum atomic E-state index is 12.9. The summed E-state index contributed by atoms with van der Waals surface area (Å²) in [6.07, 6.45) is 4.94. The van der Waals surface area contributed by atoms with Gasteiger partial charge in [-0.1, -0.05) is 25.5 Å². The average molecular weight is 362 g/mol. The van der Waals surface area contributed by atoms with Crippen LogP contribution in [0.15, 0.2) is 43.2 Å². The molecule has 1 aromatic carbocycles. The van der Waals surface area contributed by atoms with Crippen molar-refractivity contribution in [3.8, 4) is 5.69 Å². The van der Waals surface area contributed by atoms with Gasteiger partial charge >= 0.3 is 6.18 Å². The lowest BCUT2D eigenvalue weighted by molar-refractivity contribution is -0.137. The Morgan fingerprint density at radius 2 is 1.85 bits per heavy atom. The zero-order valence-electron chi connectivity index (χ0n) is 15.0. The summed E-state index contributed by atoms with van der Waals surface area (Å²) in [7, 11) is 0. The Bertz CT molecular complexity index is 856. The molecule has 0 N–H and O–H groups in total. The topological polar surface area (TPSA) is 35.6 Å². The van der Waals surface area contributed by atoms with E-state index in [1.165, 1.54) is 4.68 Å². The van der Waals surface area contributed by atoms with Gasteiger partial charge in [0.15, 0.2) is 0 Å². The van der Waals surface area contributed by atoms with Gasteiger partial charge in [0, 0.05) is 18.6 Å². The fourth-order valence-corrected chi connectivity index (χ4v) is 3.35. The van der Waals surface area contributed by atoms with E-state index in [1.54, 1.807) is 12.5 Å². The fraction of sp³-hybridized carbons (Fsp3) is 0.368. The van der Waals surface area contributed by atoms with Crippen molar-refractivity contribution in [2.24, 2.45) is 0 Å². The van der Waals surface area contributed by atoms with Crippen LogP contribution >= 0.6 is 0 Å². The first-order valence-corrected chi connectivity index (χ1v) is 8.52. The van der Waals surface area contributed by atoms with E-state index in [1.807, 2.05) is 32.2 Å². The summed E-state index contributed by atoms with van der Waals surface area (Å²) in [5, 5.41) is 3.92. The van der Waals surface area contributed by atoms with Crippen molar-refractivity contribution in [2.45, 2.75) is 45.8 Å². The molecular formula is C19H21F3N4. The van der Waals surface area contributed by atoms with Crippen molar-refractivity contribution in [1.82, 2.24) is 19.3 Å². The molecule has 0 saturated carbocycles. The van der Waals surface area contributed by atoms with Crippen LogP contribution in [0.4, 0.5) is 13.2 Å². The number of rotatable bonds is 5. The first kappa shape index (κ1) is 18.2. The minimum Gasteiger partial charge on any atom is -0.330 e. The molecule has 138 valence electrons. The number of hydrogen-bond acceptors (Lipinski definition) is 2. The van der Waals surface area contributed by atoms with E-state index in [4.69, 9.17) is 0 Å². The van der Waals surface area contributed by atoms with Crippen molar-refractivity contribution in [1.29, 1.82) is 0 Å². The van der Waals surface area contributed by atoms with Gasteiger partial charge in [-0.15, -0.1) is 0 Å². The zero-order valence-corrected chi connectivity index (χ0v) is 15.0. The van der Waals surface area contributed by atoms with E-state index in [2.05, 4.69) is 21.6 Å². The van der Waals surface area contributed by atoms with Crippen molar-refractivity contribution >= 4 is 0 Å². The molecule has 2 heterocycles. The summed E-state index contributed by atoms with van der Waals surface area (Å²) in [4.78, 5) is 4.13. The highest BCUT2D eigenvalue weighted by Gasteiger charge is 2.32. The maximum Gasteiger partial charge on any atom is 0.419 e. The molecule has 0 aliphatic rings. The number of halogens is 3. The smallest absolute Gasteiger partial charge is 0.330 e. The number of alkyl halides is 3. The molecule has 0 bridgehead atoms. The summed E-state index contributed by atoms with van der Waals surface area (Å²) >= 11 is 0. The first-order chi connectivity index (χ1) is 12.3. The van der Waals surface area contributed by atoms with Crippen LogP contribution < -0.4 is 0 Å². The molecule has 3 rings (SSSR count). The standard InChI is InChI=1S/C19H21F3N4/c1-4-5-17(25-7-6-23-12-25)15-8-13(2)18(14(3)9-15)26-11-16(10-24-26)19(20,21)22/h6-12,17H,4-5H2,1-3H3. The number of aryl methyl sites for hydroxylation is 2. The molecule has 3 aromatic rings. The minimum atomic E-state index is -4.40. The van der Waals surface area contributed by atoms with Gasteiger partial charge in [0.25, 0.3) is 0 Å². The molecule has 0 fully saturated rings. The van der Waals surface area contributed by atoms with Gasteiger partial charge in [-0.05, 0) is 37.0 Å². The van der Waals surface area contributed by atoms with E-state index in [0.717, 1.165) is 41.9 Å². The molecule has 0 radical (unpaired) electrons. The molecule has 7 heteroatoms. The van der Waals surface area contributed by atoms with Crippen LogP contribution in [0.2, 0.25) is 0 Å². The van der Waals surface area contributed by atoms with E-state index < -0.39 is 11.7 Å². The van der Waals surface area contributed by atoms with Gasteiger partial charge in [-0.3, -0.25) is 0 Å². The van der Waals surface area contributed by atoms with Crippen LogP contribution in [0.1, 0.15) is 48.1 Å². The lowest BCUT2D eigenvalue weighted by Gasteiger charge is -2.21. The quantitative estimate of drug-likeness (QED) is 0.633. The number of benzene rings is 1. The molecule has 0 saturated heterocycles. The molecule has 1 atom stereocenters. The lowest BCUT2D eigenvalue weighted by atomic mass is 9.96. The molecule has 4 nitrogen and oxygen atoms in total. The van der Waals surface area contributed by atoms with Crippen LogP contribution in [0.3, 0.4) is 0 Å². The number of aromatic nitrogens is 4. The van der Waals surface area contributed by atoms with Crippen molar-refractivity contribution < 1.29 is 13.2 Å². The Morgan fingerprint density at radius 3 is 2.35 bits per heavy atom. The predicted molar refractivity (Wildman–Crippen MR) is 93.3 cm³/mol. The normalized spacial score (nSPS) is 13.2. The molecule has 0 spiro atoms. The Kier molecular flexibility index (Phi) is 4.89. The number of hydrogen-bond donors (Lipinski definition) is 0. The molecule has 0 aliphatic heterocycles. The largest absolute Gasteiger partial charge is 0.419 e. The monoisotopic (exact) mass is 362 g/mol. The van der Waals surface area contributed by atoms with Crippen molar-refractivity contribution in [2.75, 3.05) is 0 Å². The number of imidazole rings is 1. The lowest BCUT2D eigenvalue weighted by Crippen LogP contribution is -2.11. The van der Waals surface area contributed by atoms with Gasteiger partial charge in [0.05, 0.1) is 29.8 Å². The third-order valence-corrected chi connectivity index (χ3v) is 4.48. The molecule has 2 aromatic heterocycles. The third-order valence-electron chi connectivity index (χ3n) is 4.48. The highest BCUT2D eigenvalue weighted by atomic mass is 19.4. The molecule has 1 unspecified atom stereocenters. The second-order valence-corrected chi connectivity index (χ2v) is 6.49. The highest BCUT2D eigenvalue weighted by Crippen LogP contribution is 2.32. The Labute approximate surface area is 150 Å². The van der Waals surface area contributed by atoms with Crippen molar-refractivity contribution in [3.05, 3.63) is 65.5 Å². The number of nitrogens with zero attached hydrogens (tertiary/aromatic N) is 4. The summed E-state index contributed by atoms with van der Waals surface area (Å²) < 4.78 is 42.0. The fourth-order valence-electron chi connectivity index (χ4n) is 3.35.